The van der Waals surface area contributed by atoms with Crippen molar-refractivity contribution in [3.05, 3.63) is 58.3 Å². The molecule has 1 aliphatic rings. The average molecular weight is 378 g/mol. The molecule has 0 saturated carbocycles. The lowest BCUT2D eigenvalue weighted by Crippen LogP contribution is -2.16. The molecule has 0 fully saturated rings. The van der Waals surface area contributed by atoms with Gasteiger partial charge in [-0.1, -0.05) is 18.2 Å². The van der Waals surface area contributed by atoms with E-state index in [4.69, 9.17) is 9.47 Å². The zero-order chi connectivity index (χ0) is 16.2. The second-order valence-corrected chi connectivity index (χ2v) is 5.67. The Morgan fingerprint density at radius 3 is 2.61 bits per heavy atom. The molecule has 0 spiro atoms. The van der Waals surface area contributed by atoms with E-state index in [0.29, 0.717) is 40.4 Å². The lowest BCUT2D eigenvalue weighted by molar-refractivity contribution is -0.111. The van der Waals surface area contributed by atoms with Gasteiger partial charge < -0.3 is 14.8 Å². The molecule has 1 amide bonds. The number of rotatable bonds is 3. The zero-order valence-electron chi connectivity index (χ0n) is 12.0. The molecule has 0 aromatic heterocycles. The fraction of sp³-hybridized carbons (Fsp3) is 0.118. The molecule has 3 rings (SSSR count). The molecule has 4 nitrogen and oxygen atoms in total. The number of hydrogen-bond acceptors (Lipinski definition) is 3. The highest BCUT2D eigenvalue weighted by atomic mass is 79.9. The summed E-state index contributed by atoms with van der Waals surface area (Å²) in [6.45, 7) is 0.964. The smallest absolute Gasteiger partial charge is 0.248 e. The Balaban J connectivity index is 1.74. The number of nitrogens with one attached hydrogen (secondary N) is 1. The van der Waals surface area contributed by atoms with Gasteiger partial charge in [-0.2, -0.15) is 0 Å². The first-order valence-electron chi connectivity index (χ1n) is 6.96. The van der Waals surface area contributed by atoms with E-state index < -0.39 is 0 Å². The van der Waals surface area contributed by atoms with Crippen molar-refractivity contribution in [1.82, 2.24) is 0 Å². The van der Waals surface area contributed by atoms with E-state index in [1.165, 1.54) is 18.2 Å². The Morgan fingerprint density at radius 1 is 1.17 bits per heavy atom. The molecule has 1 aliphatic heterocycles. The predicted molar refractivity (Wildman–Crippen MR) is 89.2 cm³/mol. The molecular formula is C17H13BrFNO3. The summed E-state index contributed by atoms with van der Waals surface area (Å²) in [5, 5.41) is 2.72. The van der Waals surface area contributed by atoms with Gasteiger partial charge in [-0.3, -0.25) is 4.79 Å². The van der Waals surface area contributed by atoms with Crippen LogP contribution in [-0.4, -0.2) is 19.1 Å². The van der Waals surface area contributed by atoms with E-state index in [-0.39, 0.29) is 11.7 Å². The standard InChI is InChI=1S/C17H13BrFNO3/c18-12-9-15-16(23-8-7-22-15)10-14(12)20-17(21)6-5-11-3-1-2-4-13(11)19/h1-6,9-10H,7-8H2,(H,20,21)/b6-5+. The molecule has 1 N–H and O–H groups in total. The van der Waals surface area contributed by atoms with Crippen molar-refractivity contribution in [3.63, 3.8) is 0 Å². The summed E-state index contributed by atoms with van der Waals surface area (Å²) in [7, 11) is 0. The van der Waals surface area contributed by atoms with Gasteiger partial charge in [0.05, 0.1) is 5.69 Å². The van der Waals surface area contributed by atoms with Crippen molar-refractivity contribution in [1.29, 1.82) is 0 Å². The molecule has 0 radical (unpaired) electrons. The van der Waals surface area contributed by atoms with Crippen LogP contribution in [0.3, 0.4) is 0 Å². The minimum absolute atomic E-state index is 0.351. The van der Waals surface area contributed by atoms with Crippen LogP contribution in [0, 0.1) is 5.82 Å². The first kappa shape index (κ1) is 15.6. The van der Waals surface area contributed by atoms with E-state index in [1.807, 2.05) is 0 Å². The normalized spacial score (nSPS) is 13.1. The largest absolute Gasteiger partial charge is 0.486 e. The predicted octanol–water partition coefficient (Wildman–Crippen LogP) is 4.01. The van der Waals surface area contributed by atoms with E-state index in [9.17, 15) is 9.18 Å². The molecule has 0 atom stereocenters. The van der Waals surface area contributed by atoms with Gasteiger partial charge in [0, 0.05) is 28.2 Å². The number of amides is 1. The minimum Gasteiger partial charge on any atom is -0.486 e. The Morgan fingerprint density at radius 2 is 1.87 bits per heavy atom. The second-order valence-electron chi connectivity index (χ2n) is 4.82. The van der Waals surface area contributed by atoms with Crippen molar-refractivity contribution < 1.29 is 18.7 Å². The maximum Gasteiger partial charge on any atom is 0.248 e. The summed E-state index contributed by atoms with van der Waals surface area (Å²) in [5.41, 5.74) is 0.904. The van der Waals surface area contributed by atoms with Crippen LogP contribution in [0.4, 0.5) is 10.1 Å². The number of hydrogen-bond donors (Lipinski definition) is 1. The van der Waals surface area contributed by atoms with E-state index in [0.717, 1.165) is 0 Å². The molecule has 0 aliphatic carbocycles. The van der Waals surface area contributed by atoms with Crippen molar-refractivity contribution in [2.45, 2.75) is 0 Å². The Labute approximate surface area is 141 Å². The summed E-state index contributed by atoms with van der Waals surface area (Å²) in [5.74, 6) is 0.457. The van der Waals surface area contributed by atoms with Gasteiger partial charge in [-0.05, 0) is 28.1 Å². The Bertz CT molecular complexity index is 776. The zero-order valence-corrected chi connectivity index (χ0v) is 13.6. The molecule has 2 aromatic carbocycles. The summed E-state index contributed by atoms with van der Waals surface area (Å²) >= 11 is 3.38. The maximum absolute atomic E-state index is 13.5. The van der Waals surface area contributed by atoms with Gasteiger partial charge in [-0.15, -0.1) is 0 Å². The Hall–Kier alpha value is -2.34. The van der Waals surface area contributed by atoms with E-state index >= 15 is 0 Å². The third kappa shape index (κ3) is 3.71. The van der Waals surface area contributed by atoms with Crippen molar-refractivity contribution in [2.75, 3.05) is 18.5 Å². The average Bonchev–Trinajstić information content (AvgIpc) is 2.55. The van der Waals surface area contributed by atoms with E-state index in [1.54, 1.807) is 30.3 Å². The summed E-state index contributed by atoms with van der Waals surface area (Å²) in [6.07, 6.45) is 2.71. The van der Waals surface area contributed by atoms with Gasteiger partial charge in [-0.25, -0.2) is 4.39 Å². The number of carbonyl (C=O) groups is 1. The highest BCUT2D eigenvalue weighted by Crippen LogP contribution is 2.38. The maximum atomic E-state index is 13.5. The molecule has 1 heterocycles. The molecule has 118 valence electrons. The van der Waals surface area contributed by atoms with Crippen LogP contribution in [0.1, 0.15) is 5.56 Å². The molecule has 0 bridgehead atoms. The van der Waals surface area contributed by atoms with Crippen LogP contribution in [-0.2, 0) is 4.79 Å². The third-order valence-electron chi connectivity index (χ3n) is 3.21. The number of benzene rings is 2. The van der Waals surface area contributed by atoms with Crippen molar-refractivity contribution in [2.24, 2.45) is 0 Å². The lowest BCUT2D eigenvalue weighted by Gasteiger charge is -2.19. The van der Waals surface area contributed by atoms with Gasteiger partial charge >= 0.3 is 0 Å². The number of halogens is 2. The van der Waals surface area contributed by atoms with E-state index in [2.05, 4.69) is 21.2 Å². The van der Waals surface area contributed by atoms with Crippen LogP contribution >= 0.6 is 15.9 Å². The number of carbonyl (C=O) groups excluding carboxylic acids is 1. The van der Waals surface area contributed by atoms with Crippen molar-refractivity contribution >= 4 is 33.6 Å². The third-order valence-corrected chi connectivity index (χ3v) is 3.87. The highest BCUT2D eigenvalue weighted by molar-refractivity contribution is 9.10. The van der Waals surface area contributed by atoms with Crippen molar-refractivity contribution in [3.8, 4) is 11.5 Å². The minimum atomic E-state index is -0.378. The van der Waals surface area contributed by atoms with Gasteiger partial charge in [0.2, 0.25) is 5.91 Å². The second kappa shape index (κ2) is 6.83. The first-order valence-corrected chi connectivity index (χ1v) is 7.75. The monoisotopic (exact) mass is 377 g/mol. The Kier molecular flexibility index (Phi) is 4.62. The molecule has 6 heteroatoms. The number of fused-ring (bicyclic) bond motifs is 1. The topological polar surface area (TPSA) is 47.6 Å². The van der Waals surface area contributed by atoms with Crippen LogP contribution in [0.25, 0.3) is 6.08 Å². The summed E-state index contributed by atoms with van der Waals surface area (Å²) in [4.78, 5) is 12.0. The number of anilines is 1. The van der Waals surface area contributed by atoms with Gasteiger partial charge in [0.25, 0.3) is 0 Å². The molecule has 2 aromatic rings. The quantitative estimate of drug-likeness (QED) is 0.822. The highest BCUT2D eigenvalue weighted by Gasteiger charge is 2.15. The van der Waals surface area contributed by atoms with Crippen LogP contribution in [0.15, 0.2) is 46.9 Å². The SMILES string of the molecule is O=C(/C=C/c1ccccc1F)Nc1cc2c(cc1Br)OCCO2. The van der Waals surface area contributed by atoms with Gasteiger partial charge in [0.1, 0.15) is 19.0 Å². The van der Waals surface area contributed by atoms with Gasteiger partial charge in [0.15, 0.2) is 11.5 Å². The first-order chi connectivity index (χ1) is 11.1. The van der Waals surface area contributed by atoms with Crippen LogP contribution in [0.5, 0.6) is 11.5 Å². The summed E-state index contributed by atoms with van der Waals surface area (Å²) < 4.78 is 25.1. The molecule has 0 saturated heterocycles. The molecular weight excluding hydrogens is 365 g/mol. The molecule has 23 heavy (non-hydrogen) atoms. The van der Waals surface area contributed by atoms with Crippen LogP contribution < -0.4 is 14.8 Å². The summed E-state index contributed by atoms with van der Waals surface area (Å²) in [6, 6.07) is 9.67. The molecule has 0 unspecified atom stereocenters. The van der Waals surface area contributed by atoms with Crippen LogP contribution in [0.2, 0.25) is 0 Å². The lowest BCUT2D eigenvalue weighted by atomic mass is 10.2. The number of ether oxygens (including phenoxy) is 2. The fourth-order valence-corrected chi connectivity index (χ4v) is 2.53. The fourth-order valence-electron chi connectivity index (χ4n) is 2.11.